The number of hydrogen-bond acceptors (Lipinski definition) is 0. The topological polar surface area (TPSA) is 0 Å². The normalized spacial score (nSPS) is 21.4. The van der Waals surface area contributed by atoms with Crippen molar-refractivity contribution < 1.29 is 0 Å². The third-order valence-electron chi connectivity index (χ3n) is 3.02. The smallest absolute Gasteiger partial charge is 0.00104 e. The van der Waals surface area contributed by atoms with Crippen LogP contribution in [0, 0.1) is 17.8 Å². The summed E-state index contributed by atoms with van der Waals surface area (Å²) in [5.41, 5.74) is 0. The molecule has 68 valence electrons. The second-order valence-corrected chi connectivity index (χ2v) is 3.77. The van der Waals surface area contributed by atoms with Gasteiger partial charge in [0.25, 0.3) is 0 Å². The Bertz CT molecular complexity index is 226. The Balaban J connectivity index is 2.08. The van der Waals surface area contributed by atoms with Crippen molar-refractivity contribution in [3.05, 3.63) is 48.6 Å². The zero-order chi connectivity index (χ0) is 9.10. The molecule has 0 atom stereocenters. The molecule has 0 fully saturated rings. The fourth-order valence-electron chi connectivity index (χ4n) is 2.27. The Morgan fingerprint density at radius 3 is 1.54 bits per heavy atom. The van der Waals surface area contributed by atoms with E-state index in [-0.39, 0.29) is 0 Å². The van der Waals surface area contributed by atoms with Gasteiger partial charge in [0.15, 0.2) is 0 Å². The quantitative estimate of drug-likeness (QED) is 0.611. The van der Waals surface area contributed by atoms with Crippen molar-refractivity contribution in [1.82, 2.24) is 0 Å². The van der Waals surface area contributed by atoms with E-state index >= 15 is 0 Å². The van der Waals surface area contributed by atoms with Gasteiger partial charge in [0, 0.05) is 0 Å². The molecular weight excluding hydrogens is 156 g/mol. The molecule has 2 rings (SSSR count). The lowest BCUT2D eigenvalue weighted by molar-refractivity contribution is 0.384. The van der Waals surface area contributed by atoms with Crippen LogP contribution in [0.15, 0.2) is 48.6 Å². The van der Waals surface area contributed by atoms with E-state index in [1.54, 1.807) is 0 Å². The molecule has 0 nitrogen and oxygen atoms in total. The molecule has 0 bridgehead atoms. The Kier molecular flexibility index (Phi) is 2.49. The second kappa shape index (κ2) is 3.78. The van der Waals surface area contributed by atoms with Crippen LogP contribution in [0.1, 0.15) is 13.3 Å². The molecule has 0 aromatic carbocycles. The van der Waals surface area contributed by atoms with Crippen molar-refractivity contribution in [3.8, 4) is 0 Å². The first kappa shape index (κ1) is 8.55. The van der Waals surface area contributed by atoms with Gasteiger partial charge in [-0.2, -0.15) is 0 Å². The Labute approximate surface area is 80.3 Å². The fourth-order valence-corrected chi connectivity index (χ4v) is 2.27. The van der Waals surface area contributed by atoms with Crippen LogP contribution in [0.2, 0.25) is 0 Å². The zero-order valence-electron chi connectivity index (χ0n) is 8.06. The van der Waals surface area contributed by atoms with Crippen LogP contribution in [0.25, 0.3) is 0 Å². The predicted molar refractivity (Wildman–Crippen MR) is 57.3 cm³/mol. The number of rotatable bonds is 3. The molecule has 0 heterocycles. The number of allylic oxidation sites excluding steroid dienone is 8. The van der Waals surface area contributed by atoms with Crippen molar-refractivity contribution >= 4 is 0 Å². The van der Waals surface area contributed by atoms with E-state index in [0.717, 1.165) is 5.92 Å². The summed E-state index contributed by atoms with van der Waals surface area (Å²) in [5, 5.41) is 0. The van der Waals surface area contributed by atoms with Gasteiger partial charge in [0.1, 0.15) is 0 Å². The van der Waals surface area contributed by atoms with Gasteiger partial charge in [-0.05, 0) is 17.8 Å². The fraction of sp³-hybridized carbons (Fsp3) is 0.385. The van der Waals surface area contributed by atoms with E-state index in [4.69, 9.17) is 0 Å². The molecule has 0 saturated carbocycles. The van der Waals surface area contributed by atoms with Crippen LogP contribution in [-0.2, 0) is 0 Å². The highest BCUT2D eigenvalue weighted by Crippen LogP contribution is 2.32. The van der Waals surface area contributed by atoms with E-state index in [0.29, 0.717) is 11.8 Å². The minimum Gasteiger partial charge on any atom is -0.0773 e. The van der Waals surface area contributed by atoms with Crippen LogP contribution in [0.5, 0.6) is 0 Å². The molecule has 0 spiro atoms. The molecular formula is C13H16. The highest BCUT2D eigenvalue weighted by atomic mass is 14.3. The first-order chi connectivity index (χ1) is 6.42. The molecule has 13 heavy (non-hydrogen) atoms. The largest absolute Gasteiger partial charge is 0.0773 e. The van der Waals surface area contributed by atoms with Crippen molar-refractivity contribution in [2.75, 3.05) is 0 Å². The Hall–Kier alpha value is -1.04. The molecule has 0 amide bonds. The van der Waals surface area contributed by atoms with Crippen LogP contribution >= 0.6 is 0 Å². The molecule has 2 aliphatic rings. The Morgan fingerprint density at radius 2 is 1.23 bits per heavy atom. The molecule has 0 heteroatoms. The molecule has 0 aliphatic heterocycles. The molecule has 0 radical (unpaired) electrons. The zero-order valence-corrected chi connectivity index (χ0v) is 8.06. The van der Waals surface area contributed by atoms with Gasteiger partial charge in [-0.25, -0.2) is 0 Å². The summed E-state index contributed by atoms with van der Waals surface area (Å²) in [6.07, 6.45) is 19.2. The minimum atomic E-state index is 0.655. The highest BCUT2D eigenvalue weighted by molar-refractivity contribution is 5.24. The predicted octanol–water partition coefficient (Wildman–Crippen LogP) is 3.50. The van der Waals surface area contributed by atoms with Gasteiger partial charge >= 0.3 is 0 Å². The summed E-state index contributed by atoms with van der Waals surface area (Å²) in [6, 6.07) is 0. The minimum absolute atomic E-state index is 0.655. The lowest BCUT2D eigenvalue weighted by Crippen LogP contribution is -2.16. The van der Waals surface area contributed by atoms with Crippen molar-refractivity contribution in [3.63, 3.8) is 0 Å². The van der Waals surface area contributed by atoms with E-state index < -0.39 is 0 Å². The maximum Gasteiger partial charge on any atom is -0.00104 e. The summed E-state index contributed by atoms with van der Waals surface area (Å²) in [7, 11) is 0. The standard InChI is InChI=1S/C13H16/c1-2-13(11-7-3-4-8-11)12-9-5-6-10-12/h3-13H,2H2,1H3. The van der Waals surface area contributed by atoms with Crippen molar-refractivity contribution in [1.29, 1.82) is 0 Å². The third kappa shape index (κ3) is 1.67. The molecule has 0 unspecified atom stereocenters. The molecule has 0 aromatic heterocycles. The lowest BCUT2D eigenvalue weighted by atomic mass is 9.81. The monoisotopic (exact) mass is 172 g/mol. The van der Waals surface area contributed by atoms with Gasteiger partial charge in [-0.3, -0.25) is 0 Å². The van der Waals surface area contributed by atoms with Crippen molar-refractivity contribution in [2.24, 2.45) is 17.8 Å². The molecule has 0 saturated heterocycles. The maximum atomic E-state index is 2.31. The van der Waals surface area contributed by atoms with Gasteiger partial charge in [-0.1, -0.05) is 62.0 Å². The lowest BCUT2D eigenvalue weighted by Gasteiger charge is -2.23. The highest BCUT2D eigenvalue weighted by Gasteiger charge is 2.23. The van der Waals surface area contributed by atoms with Crippen molar-refractivity contribution in [2.45, 2.75) is 13.3 Å². The van der Waals surface area contributed by atoms with E-state index in [1.807, 2.05) is 0 Å². The van der Waals surface area contributed by atoms with E-state index in [9.17, 15) is 0 Å². The molecule has 0 aromatic rings. The summed E-state index contributed by atoms with van der Waals surface area (Å²) in [5.74, 6) is 2.06. The third-order valence-corrected chi connectivity index (χ3v) is 3.02. The average Bonchev–Trinajstić information content (AvgIpc) is 2.76. The summed E-state index contributed by atoms with van der Waals surface area (Å²) < 4.78 is 0. The SMILES string of the molecule is CCC(C1C=CC=C1)C1C=CC=C1. The van der Waals surface area contributed by atoms with Gasteiger partial charge in [0.05, 0.1) is 0 Å². The van der Waals surface area contributed by atoms with E-state index in [2.05, 4.69) is 55.5 Å². The number of hydrogen-bond donors (Lipinski definition) is 0. The van der Waals surface area contributed by atoms with Gasteiger partial charge in [0.2, 0.25) is 0 Å². The maximum absolute atomic E-state index is 2.31. The second-order valence-electron chi connectivity index (χ2n) is 3.77. The first-order valence-corrected chi connectivity index (χ1v) is 5.12. The summed E-state index contributed by atoms with van der Waals surface area (Å²) >= 11 is 0. The van der Waals surface area contributed by atoms with Crippen LogP contribution in [0.4, 0.5) is 0 Å². The molecule has 0 N–H and O–H groups in total. The van der Waals surface area contributed by atoms with Gasteiger partial charge in [-0.15, -0.1) is 0 Å². The van der Waals surface area contributed by atoms with Crippen LogP contribution in [-0.4, -0.2) is 0 Å². The summed E-state index contributed by atoms with van der Waals surface area (Å²) in [4.78, 5) is 0. The average molecular weight is 172 g/mol. The molecule has 2 aliphatic carbocycles. The first-order valence-electron chi connectivity index (χ1n) is 5.12. The van der Waals surface area contributed by atoms with E-state index in [1.165, 1.54) is 6.42 Å². The summed E-state index contributed by atoms with van der Waals surface area (Å²) in [6.45, 7) is 2.28. The Morgan fingerprint density at radius 1 is 0.846 bits per heavy atom. The van der Waals surface area contributed by atoms with Gasteiger partial charge < -0.3 is 0 Å². The van der Waals surface area contributed by atoms with Crippen LogP contribution < -0.4 is 0 Å². The van der Waals surface area contributed by atoms with Crippen LogP contribution in [0.3, 0.4) is 0 Å².